The molecule has 5 nitrogen and oxygen atoms in total. The fourth-order valence-corrected chi connectivity index (χ4v) is 1.95. The van der Waals surface area contributed by atoms with Gasteiger partial charge >= 0.3 is 6.03 Å². The Labute approximate surface area is 130 Å². The summed E-state index contributed by atoms with van der Waals surface area (Å²) in [7, 11) is 1.70. The Kier molecular flexibility index (Phi) is 8.47. The molecule has 0 aliphatic rings. The smallest absolute Gasteiger partial charge is 0.325 e. The molecular weight excluding hydrogens is 292 g/mol. The first kappa shape index (κ1) is 17.5. The number of carbonyl (C=O) groups excluding carboxylic acids is 2. The van der Waals surface area contributed by atoms with Gasteiger partial charge in [-0.3, -0.25) is 10.1 Å². The third kappa shape index (κ3) is 7.68. The molecule has 0 unspecified atom stereocenters. The van der Waals surface area contributed by atoms with Crippen molar-refractivity contribution in [1.29, 1.82) is 0 Å². The molecule has 0 spiro atoms. The number of rotatable bonds is 8. The molecule has 0 heterocycles. The second kappa shape index (κ2) is 10.2. The summed E-state index contributed by atoms with van der Waals surface area (Å²) in [6.45, 7) is 0.788. The molecule has 21 heavy (non-hydrogen) atoms. The summed E-state index contributed by atoms with van der Waals surface area (Å²) in [4.78, 5) is 22.5. The number of nitrogens with one attached hydrogen (secondary N) is 2. The summed E-state index contributed by atoms with van der Waals surface area (Å²) in [5.74, 6) is -0.766. The number of hydrogen-bond acceptors (Lipinski definition) is 3. The Bertz CT molecular complexity index is 466. The Balaban J connectivity index is 2.41. The molecular formula is C15H21ClN2O3. The standard InChI is InChI=1S/C15H21ClN2O3/c1-21-9-4-2-3-6-12-7-5-8-13(10-12)17-15(20)18-14(19)11-16/h5,7-8,10H,2-4,6,9,11H2,1H3,(H2,17,18,19,20). The van der Waals surface area contributed by atoms with Crippen LogP contribution in [0.3, 0.4) is 0 Å². The van der Waals surface area contributed by atoms with Crippen LogP contribution in [0.4, 0.5) is 10.5 Å². The van der Waals surface area contributed by atoms with Gasteiger partial charge in [-0.2, -0.15) is 0 Å². The Morgan fingerprint density at radius 1 is 1.24 bits per heavy atom. The fraction of sp³-hybridized carbons (Fsp3) is 0.467. The number of ether oxygens (including phenoxy) is 1. The van der Waals surface area contributed by atoms with E-state index in [1.54, 1.807) is 13.2 Å². The highest BCUT2D eigenvalue weighted by Crippen LogP contribution is 2.13. The number of anilines is 1. The van der Waals surface area contributed by atoms with Crippen LogP contribution in [0.15, 0.2) is 24.3 Å². The molecule has 0 bridgehead atoms. The number of benzene rings is 1. The van der Waals surface area contributed by atoms with Crippen molar-refractivity contribution in [2.45, 2.75) is 25.7 Å². The third-order valence-corrected chi connectivity index (χ3v) is 3.12. The number of amides is 3. The SMILES string of the molecule is COCCCCCc1cccc(NC(=O)NC(=O)CCl)c1. The predicted octanol–water partition coefficient (Wildman–Crippen LogP) is 2.93. The van der Waals surface area contributed by atoms with Gasteiger partial charge in [0.25, 0.3) is 0 Å². The largest absolute Gasteiger partial charge is 0.385 e. The highest BCUT2D eigenvalue weighted by atomic mass is 35.5. The minimum absolute atomic E-state index is 0.241. The van der Waals surface area contributed by atoms with Gasteiger partial charge in [0.2, 0.25) is 5.91 Å². The Hall–Kier alpha value is -1.59. The van der Waals surface area contributed by atoms with E-state index >= 15 is 0 Å². The van der Waals surface area contributed by atoms with Crippen LogP contribution >= 0.6 is 11.6 Å². The molecule has 0 aliphatic carbocycles. The number of alkyl halides is 1. The zero-order valence-electron chi connectivity index (χ0n) is 12.2. The number of aryl methyl sites for hydroxylation is 1. The summed E-state index contributed by atoms with van der Waals surface area (Å²) in [5, 5.41) is 4.74. The van der Waals surface area contributed by atoms with Crippen molar-refractivity contribution >= 4 is 29.2 Å². The molecule has 0 fully saturated rings. The van der Waals surface area contributed by atoms with E-state index < -0.39 is 11.9 Å². The van der Waals surface area contributed by atoms with Crippen LogP contribution in [0.2, 0.25) is 0 Å². The van der Waals surface area contributed by atoms with E-state index in [1.165, 1.54) is 0 Å². The van der Waals surface area contributed by atoms with Crippen molar-refractivity contribution in [3.8, 4) is 0 Å². The van der Waals surface area contributed by atoms with Crippen LogP contribution in [-0.2, 0) is 16.0 Å². The van der Waals surface area contributed by atoms with Crippen LogP contribution in [0, 0.1) is 0 Å². The van der Waals surface area contributed by atoms with E-state index in [1.807, 2.05) is 18.2 Å². The normalized spacial score (nSPS) is 10.2. The first-order chi connectivity index (χ1) is 10.2. The van der Waals surface area contributed by atoms with Gasteiger partial charge in [0.15, 0.2) is 0 Å². The summed E-state index contributed by atoms with van der Waals surface area (Å²) in [6, 6.07) is 7.01. The second-order valence-corrected chi connectivity index (χ2v) is 4.91. The van der Waals surface area contributed by atoms with Gasteiger partial charge in [0, 0.05) is 19.4 Å². The molecule has 0 saturated carbocycles. The lowest BCUT2D eigenvalue weighted by molar-refractivity contribution is -0.117. The molecule has 6 heteroatoms. The first-order valence-electron chi connectivity index (χ1n) is 6.90. The zero-order valence-corrected chi connectivity index (χ0v) is 12.9. The number of methoxy groups -OCH3 is 1. The summed E-state index contributed by atoms with van der Waals surface area (Å²) < 4.78 is 5.01. The quantitative estimate of drug-likeness (QED) is 0.573. The van der Waals surface area contributed by atoms with Crippen LogP contribution < -0.4 is 10.6 Å². The maximum atomic E-state index is 11.5. The molecule has 1 aromatic carbocycles. The lowest BCUT2D eigenvalue weighted by atomic mass is 10.1. The van der Waals surface area contributed by atoms with Crippen molar-refractivity contribution in [3.63, 3.8) is 0 Å². The molecule has 0 radical (unpaired) electrons. The molecule has 0 aliphatic heterocycles. The Morgan fingerprint density at radius 3 is 2.76 bits per heavy atom. The number of urea groups is 1. The molecule has 1 aromatic rings. The molecule has 0 aromatic heterocycles. The highest BCUT2D eigenvalue weighted by molar-refractivity contribution is 6.28. The molecule has 116 valence electrons. The monoisotopic (exact) mass is 312 g/mol. The van der Waals surface area contributed by atoms with E-state index in [4.69, 9.17) is 16.3 Å². The number of imide groups is 1. The van der Waals surface area contributed by atoms with E-state index in [-0.39, 0.29) is 5.88 Å². The Morgan fingerprint density at radius 2 is 2.05 bits per heavy atom. The summed E-state index contributed by atoms with van der Waals surface area (Å²) in [5.41, 5.74) is 1.80. The van der Waals surface area contributed by atoms with Crippen LogP contribution in [0.5, 0.6) is 0 Å². The minimum Gasteiger partial charge on any atom is -0.385 e. The van der Waals surface area contributed by atoms with Crippen molar-refractivity contribution < 1.29 is 14.3 Å². The zero-order chi connectivity index (χ0) is 15.5. The second-order valence-electron chi connectivity index (χ2n) is 4.64. The topological polar surface area (TPSA) is 67.4 Å². The van der Waals surface area contributed by atoms with Gasteiger partial charge in [-0.25, -0.2) is 4.79 Å². The third-order valence-electron chi connectivity index (χ3n) is 2.87. The number of unbranched alkanes of at least 4 members (excludes halogenated alkanes) is 2. The maximum absolute atomic E-state index is 11.5. The van der Waals surface area contributed by atoms with Gasteiger partial charge < -0.3 is 10.1 Å². The average molecular weight is 313 g/mol. The summed E-state index contributed by atoms with van der Waals surface area (Å²) in [6.07, 6.45) is 4.18. The van der Waals surface area contributed by atoms with Crippen LogP contribution in [-0.4, -0.2) is 31.5 Å². The number of halogens is 1. The van der Waals surface area contributed by atoms with Gasteiger partial charge in [-0.05, 0) is 37.0 Å². The van der Waals surface area contributed by atoms with Crippen molar-refractivity contribution in [2.24, 2.45) is 0 Å². The van der Waals surface area contributed by atoms with Crippen molar-refractivity contribution in [2.75, 3.05) is 24.9 Å². The lowest BCUT2D eigenvalue weighted by Crippen LogP contribution is -2.35. The number of carbonyl (C=O) groups is 2. The van der Waals surface area contributed by atoms with Gasteiger partial charge in [0.05, 0.1) is 0 Å². The van der Waals surface area contributed by atoms with E-state index in [2.05, 4.69) is 10.6 Å². The maximum Gasteiger partial charge on any atom is 0.325 e. The van der Waals surface area contributed by atoms with Crippen LogP contribution in [0.25, 0.3) is 0 Å². The molecule has 0 atom stereocenters. The van der Waals surface area contributed by atoms with Crippen molar-refractivity contribution in [3.05, 3.63) is 29.8 Å². The molecule has 2 N–H and O–H groups in total. The number of hydrogen-bond donors (Lipinski definition) is 2. The fourth-order valence-electron chi connectivity index (χ4n) is 1.88. The molecule has 0 saturated heterocycles. The average Bonchev–Trinajstić information content (AvgIpc) is 2.47. The predicted molar refractivity (Wildman–Crippen MR) is 83.8 cm³/mol. The lowest BCUT2D eigenvalue weighted by Gasteiger charge is -2.08. The van der Waals surface area contributed by atoms with Crippen molar-refractivity contribution in [1.82, 2.24) is 5.32 Å². The van der Waals surface area contributed by atoms with Gasteiger partial charge in [-0.15, -0.1) is 11.6 Å². The van der Waals surface area contributed by atoms with Gasteiger partial charge in [-0.1, -0.05) is 18.6 Å². The summed E-state index contributed by atoms with van der Waals surface area (Å²) >= 11 is 5.32. The molecule has 1 rings (SSSR count). The minimum atomic E-state index is -0.571. The van der Waals surface area contributed by atoms with E-state index in [0.29, 0.717) is 5.69 Å². The molecule has 3 amide bonds. The highest BCUT2D eigenvalue weighted by Gasteiger charge is 2.06. The van der Waals surface area contributed by atoms with E-state index in [0.717, 1.165) is 37.9 Å². The van der Waals surface area contributed by atoms with Gasteiger partial charge in [0.1, 0.15) is 5.88 Å². The first-order valence-corrected chi connectivity index (χ1v) is 7.44. The van der Waals surface area contributed by atoms with Crippen LogP contribution in [0.1, 0.15) is 24.8 Å². The van der Waals surface area contributed by atoms with E-state index in [9.17, 15) is 9.59 Å².